The Kier molecular flexibility index (Phi) is 8.08. The lowest BCUT2D eigenvalue weighted by Gasteiger charge is -2.20. The molecule has 0 aliphatic carbocycles. The number of aryl methyl sites for hydroxylation is 1. The highest BCUT2D eigenvalue weighted by Crippen LogP contribution is 2.23. The molecule has 0 spiro atoms. The van der Waals surface area contributed by atoms with Gasteiger partial charge in [0.1, 0.15) is 5.82 Å². The number of benzene rings is 2. The fraction of sp³-hybridized carbons (Fsp3) is 0.333. The number of anilines is 1. The van der Waals surface area contributed by atoms with E-state index < -0.39 is 27.7 Å². The normalized spacial score (nSPS) is 11.4. The second-order valence-electron chi connectivity index (χ2n) is 6.70. The summed E-state index contributed by atoms with van der Waals surface area (Å²) in [5.41, 5.74) is 1.39. The molecule has 0 radical (unpaired) electrons. The Balaban J connectivity index is 2.01. The lowest BCUT2D eigenvalue weighted by Crippen LogP contribution is -2.34. The van der Waals surface area contributed by atoms with Gasteiger partial charge in [0, 0.05) is 18.8 Å². The van der Waals surface area contributed by atoms with Gasteiger partial charge in [-0.2, -0.15) is 4.31 Å². The zero-order chi connectivity index (χ0) is 22.3. The fourth-order valence-electron chi connectivity index (χ4n) is 2.94. The molecular weight excluding hydrogens is 409 g/mol. The second-order valence-corrected chi connectivity index (χ2v) is 8.61. The summed E-state index contributed by atoms with van der Waals surface area (Å²) in [5, 5.41) is 5.05. The van der Waals surface area contributed by atoms with Gasteiger partial charge < -0.3 is 10.6 Å². The molecule has 2 aromatic rings. The minimum absolute atomic E-state index is 0.0537. The molecule has 7 nitrogen and oxygen atoms in total. The monoisotopic (exact) mass is 435 g/mol. The van der Waals surface area contributed by atoms with Crippen LogP contribution in [0, 0.1) is 12.7 Å². The van der Waals surface area contributed by atoms with Crippen molar-refractivity contribution in [2.45, 2.75) is 32.1 Å². The van der Waals surface area contributed by atoms with Crippen LogP contribution in [-0.2, 0) is 26.0 Å². The van der Waals surface area contributed by atoms with E-state index in [-0.39, 0.29) is 17.9 Å². The molecule has 0 fully saturated rings. The van der Waals surface area contributed by atoms with Crippen molar-refractivity contribution in [3.05, 3.63) is 59.4 Å². The Morgan fingerprint density at radius 2 is 1.73 bits per heavy atom. The minimum Gasteiger partial charge on any atom is -0.347 e. The predicted octanol–water partition coefficient (Wildman–Crippen LogP) is 2.46. The quantitative estimate of drug-likeness (QED) is 0.633. The highest BCUT2D eigenvalue weighted by molar-refractivity contribution is 7.89. The maximum absolute atomic E-state index is 13.2. The highest BCUT2D eigenvalue weighted by Gasteiger charge is 2.24. The summed E-state index contributed by atoms with van der Waals surface area (Å²) < 4.78 is 40.1. The molecule has 30 heavy (non-hydrogen) atoms. The summed E-state index contributed by atoms with van der Waals surface area (Å²) in [6, 6.07) is 10.3. The van der Waals surface area contributed by atoms with Gasteiger partial charge in [0.05, 0.1) is 17.9 Å². The van der Waals surface area contributed by atoms with Crippen LogP contribution in [0.3, 0.4) is 0 Å². The van der Waals surface area contributed by atoms with Crippen molar-refractivity contribution >= 4 is 27.5 Å². The summed E-state index contributed by atoms with van der Waals surface area (Å²) in [6.07, 6.45) is -0.0537. The summed E-state index contributed by atoms with van der Waals surface area (Å²) in [7, 11) is -3.67. The number of nitrogens with one attached hydrogen (secondary N) is 2. The van der Waals surface area contributed by atoms with Crippen molar-refractivity contribution in [2.75, 3.05) is 25.0 Å². The Morgan fingerprint density at radius 3 is 2.37 bits per heavy atom. The first-order valence-corrected chi connectivity index (χ1v) is 11.0. The molecule has 0 unspecified atom stereocenters. The minimum atomic E-state index is -3.67. The first-order valence-electron chi connectivity index (χ1n) is 9.59. The lowest BCUT2D eigenvalue weighted by atomic mass is 10.1. The second kappa shape index (κ2) is 10.3. The van der Waals surface area contributed by atoms with E-state index in [9.17, 15) is 22.4 Å². The molecule has 2 N–H and O–H groups in total. The third-order valence-electron chi connectivity index (χ3n) is 4.49. The van der Waals surface area contributed by atoms with Crippen LogP contribution in [0.4, 0.5) is 10.1 Å². The molecule has 0 saturated carbocycles. The number of halogens is 1. The van der Waals surface area contributed by atoms with Crippen LogP contribution in [0.2, 0.25) is 0 Å². The van der Waals surface area contributed by atoms with E-state index in [1.165, 1.54) is 28.6 Å². The average molecular weight is 436 g/mol. The van der Waals surface area contributed by atoms with Crippen LogP contribution in [0.5, 0.6) is 0 Å². The molecule has 162 valence electrons. The van der Waals surface area contributed by atoms with Gasteiger partial charge in [-0.25, -0.2) is 12.8 Å². The number of carbonyl (C=O) groups is 2. The summed E-state index contributed by atoms with van der Waals surface area (Å²) in [5.74, 6) is -1.37. The number of sulfonamides is 1. The predicted molar refractivity (Wildman–Crippen MR) is 113 cm³/mol. The van der Waals surface area contributed by atoms with Gasteiger partial charge in [-0.05, 0) is 42.3 Å². The first-order chi connectivity index (χ1) is 14.2. The van der Waals surface area contributed by atoms with Crippen LogP contribution in [0.25, 0.3) is 0 Å². The Labute approximate surface area is 176 Å². The van der Waals surface area contributed by atoms with Gasteiger partial charge in [0.25, 0.3) is 0 Å². The van der Waals surface area contributed by atoms with Crippen LogP contribution in [-0.4, -0.2) is 44.2 Å². The van der Waals surface area contributed by atoms with Gasteiger partial charge in [-0.15, -0.1) is 0 Å². The van der Waals surface area contributed by atoms with E-state index in [4.69, 9.17) is 0 Å². The third-order valence-corrected chi connectivity index (χ3v) is 6.69. The maximum atomic E-state index is 13.2. The summed E-state index contributed by atoms with van der Waals surface area (Å²) >= 11 is 0. The Hall–Kier alpha value is -2.78. The Morgan fingerprint density at radius 1 is 1.03 bits per heavy atom. The van der Waals surface area contributed by atoms with E-state index in [1.54, 1.807) is 39.0 Å². The van der Waals surface area contributed by atoms with Crippen molar-refractivity contribution in [3.8, 4) is 0 Å². The van der Waals surface area contributed by atoms with Crippen molar-refractivity contribution in [2.24, 2.45) is 0 Å². The van der Waals surface area contributed by atoms with Gasteiger partial charge in [0.15, 0.2) is 0 Å². The van der Waals surface area contributed by atoms with Gasteiger partial charge in [-0.3, -0.25) is 9.59 Å². The number of hydrogen-bond donors (Lipinski definition) is 2. The molecular formula is C21H26FN3O4S. The smallest absolute Gasteiger partial charge is 0.243 e. The van der Waals surface area contributed by atoms with Crippen LogP contribution in [0.15, 0.2) is 47.4 Å². The van der Waals surface area contributed by atoms with E-state index >= 15 is 0 Å². The molecule has 0 aromatic heterocycles. The molecule has 0 aliphatic heterocycles. The number of rotatable bonds is 9. The van der Waals surface area contributed by atoms with Gasteiger partial charge in [0.2, 0.25) is 21.8 Å². The Bertz CT molecular complexity index is 1020. The van der Waals surface area contributed by atoms with E-state index in [0.29, 0.717) is 29.9 Å². The van der Waals surface area contributed by atoms with E-state index in [1.807, 2.05) is 0 Å². The van der Waals surface area contributed by atoms with Crippen molar-refractivity contribution in [1.82, 2.24) is 9.62 Å². The SMILES string of the molecule is CCN(CC)S(=O)(=O)c1cc(NC(=O)CNC(=O)Cc2cccc(F)c2)ccc1C. The molecule has 2 amide bonds. The zero-order valence-electron chi connectivity index (χ0n) is 17.2. The van der Waals surface area contributed by atoms with E-state index in [2.05, 4.69) is 10.6 Å². The molecule has 9 heteroatoms. The van der Waals surface area contributed by atoms with Crippen LogP contribution >= 0.6 is 0 Å². The molecule has 2 rings (SSSR count). The lowest BCUT2D eigenvalue weighted by molar-refractivity contribution is -0.123. The molecule has 0 aliphatic rings. The van der Waals surface area contributed by atoms with Crippen LogP contribution in [0.1, 0.15) is 25.0 Å². The zero-order valence-corrected chi connectivity index (χ0v) is 18.1. The number of hydrogen-bond acceptors (Lipinski definition) is 4. The average Bonchev–Trinajstić information content (AvgIpc) is 2.68. The van der Waals surface area contributed by atoms with Gasteiger partial charge >= 0.3 is 0 Å². The van der Waals surface area contributed by atoms with Crippen molar-refractivity contribution in [3.63, 3.8) is 0 Å². The number of nitrogens with zero attached hydrogens (tertiary/aromatic N) is 1. The number of carbonyl (C=O) groups excluding carboxylic acids is 2. The molecule has 0 atom stereocenters. The standard InChI is InChI=1S/C21H26FN3O4S/c1-4-25(5-2)30(28,29)19-13-18(10-9-15(19)3)24-21(27)14-23-20(26)12-16-7-6-8-17(22)11-16/h6-11,13H,4-5,12,14H2,1-3H3,(H,23,26)(H,24,27). The molecule has 2 aromatic carbocycles. The van der Waals surface area contributed by atoms with Crippen LogP contribution < -0.4 is 10.6 Å². The first kappa shape index (κ1) is 23.5. The largest absolute Gasteiger partial charge is 0.347 e. The maximum Gasteiger partial charge on any atom is 0.243 e. The van der Waals surface area contributed by atoms with E-state index in [0.717, 1.165) is 0 Å². The van der Waals surface area contributed by atoms with Crippen molar-refractivity contribution < 1.29 is 22.4 Å². The fourth-order valence-corrected chi connectivity index (χ4v) is 4.65. The number of amides is 2. The summed E-state index contributed by atoms with van der Waals surface area (Å²) in [6.45, 7) is 5.59. The van der Waals surface area contributed by atoms with Gasteiger partial charge in [-0.1, -0.05) is 32.0 Å². The summed E-state index contributed by atoms with van der Waals surface area (Å²) in [4.78, 5) is 24.2. The topological polar surface area (TPSA) is 95.6 Å². The highest BCUT2D eigenvalue weighted by atomic mass is 32.2. The van der Waals surface area contributed by atoms with Crippen molar-refractivity contribution in [1.29, 1.82) is 0 Å². The molecule has 0 heterocycles. The third kappa shape index (κ3) is 6.11. The molecule has 0 saturated heterocycles. The molecule has 0 bridgehead atoms.